The number of para-hydroxylation sites is 1. The third-order valence-corrected chi connectivity index (χ3v) is 3.46. The number of benzene rings is 2. The molecule has 0 aliphatic heterocycles. The minimum Gasteiger partial charge on any atom is -0.490 e. The third kappa shape index (κ3) is 6.66. The smallest absolute Gasteiger partial charge is 0.196 e. The lowest BCUT2D eigenvalue weighted by Gasteiger charge is -2.11. The van der Waals surface area contributed by atoms with Gasteiger partial charge in [-0.25, -0.2) is 0 Å². The molecular weight excluding hydrogens is 320 g/mol. The van der Waals surface area contributed by atoms with Gasteiger partial charge in [0.25, 0.3) is 0 Å². The highest BCUT2D eigenvalue weighted by atomic mass is 16.6. The standard InChI is InChI=1S/C20H24O5/c1-22-11-12-23-13-14-24-15-16-25-19-10-6-5-9-18(19)20(21)17-7-3-2-4-8-17/h2-10H,11-16H2,1H3. The maximum Gasteiger partial charge on any atom is 0.196 e. The molecule has 0 bridgehead atoms. The molecule has 25 heavy (non-hydrogen) atoms. The van der Waals surface area contributed by atoms with Crippen LogP contribution >= 0.6 is 0 Å². The first kappa shape index (κ1) is 19.1. The Kier molecular flexibility index (Phi) is 8.69. The molecule has 0 unspecified atom stereocenters. The summed E-state index contributed by atoms with van der Waals surface area (Å²) >= 11 is 0. The van der Waals surface area contributed by atoms with Crippen LogP contribution in [0.15, 0.2) is 54.6 Å². The van der Waals surface area contributed by atoms with E-state index in [9.17, 15) is 4.79 Å². The number of rotatable bonds is 12. The summed E-state index contributed by atoms with van der Waals surface area (Å²) in [5.74, 6) is 0.514. The number of carbonyl (C=O) groups is 1. The van der Waals surface area contributed by atoms with Gasteiger partial charge in [0.05, 0.1) is 38.6 Å². The summed E-state index contributed by atoms with van der Waals surface area (Å²) in [7, 11) is 1.64. The maximum atomic E-state index is 12.6. The van der Waals surface area contributed by atoms with Crippen LogP contribution in [0.2, 0.25) is 0 Å². The van der Waals surface area contributed by atoms with Crippen molar-refractivity contribution >= 4 is 5.78 Å². The predicted octanol–water partition coefficient (Wildman–Crippen LogP) is 2.98. The highest BCUT2D eigenvalue weighted by Gasteiger charge is 2.13. The Morgan fingerprint density at radius 2 is 1.36 bits per heavy atom. The first-order valence-corrected chi connectivity index (χ1v) is 8.29. The van der Waals surface area contributed by atoms with E-state index in [2.05, 4.69) is 0 Å². The van der Waals surface area contributed by atoms with Crippen molar-refractivity contribution in [3.05, 3.63) is 65.7 Å². The van der Waals surface area contributed by atoms with E-state index in [1.807, 2.05) is 30.3 Å². The molecule has 134 valence electrons. The van der Waals surface area contributed by atoms with E-state index in [4.69, 9.17) is 18.9 Å². The molecule has 2 aromatic rings. The van der Waals surface area contributed by atoms with Crippen LogP contribution < -0.4 is 4.74 Å². The van der Waals surface area contributed by atoms with Crippen LogP contribution in [-0.4, -0.2) is 52.5 Å². The van der Waals surface area contributed by atoms with Crippen molar-refractivity contribution in [1.29, 1.82) is 0 Å². The molecule has 0 saturated carbocycles. The molecule has 0 radical (unpaired) electrons. The minimum atomic E-state index is -0.0522. The molecule has 0 N–H and O–H groups in total. The summed E-state index contributed by atoms with van der Waals surface area (Å²) < 4.78 is 21.4. The Balaban J connectivity index is 1.76. The maximum absolute atomic E-state index is 12.6. The molecule has 5 heteroatoms. The van der Waals surface area contributed by atoms with Crippen molar-refractivity contribution in [3.63, 3.8) is 0 Å². The van der Waals surface area contributed by atoms with Gasteiger partial charge in [-0.15, -0.1) is 0 Å². The van der Waals surface area contributed by atoms with Gasteiger partial charge in [-0.3, -0.25) is 4.79 Å². The summed E-state index contributed by atoms with van der Waals surface area (Å²) in [6.45, 7) is 2.96. The summed E-state index contributed by atoms with van der Waals surface area (Å²) in [4.78, 5) is 12.6. The second-order valence-corrected chi connectivity index (χ2v) is 5.26. The van der Waals surface area contributed by atoms with Crippen LogP contribution in [0.5, 0.6) is 5.75 Å². The van der Waals surface area contributed by atoms with Crippen molar-refractivity contribution in [2.45, 2.75) is 0 Å². The fourth-order valence-corrected chi connectivity index (χ4v) is 2.20. The van der Waals surface area contributed by atoms with Crippen LogP contribution in [0.1, 0.15) is 15.9 Å². The first-order valence-electron chi connectivity index (χ1n) is 8.29. The van der Waals surface area contributed by atoms with E-state index in [1.54, 1.807) is 31.4 Å². The molecule has 0 aliphatic carbocycles. The third-order valence-electron chi connectivity index (χ3n) is 3.46. The summed E-state index contributed by atoms with van der Waals surface area (Å²) in [6.07, 6.45) is 0. The van der Waals surface area contributed by atoms with Gasteiger partial charge in [-0.2, -0.15) is 0 Å². The zero-order valence-corrected chi connectivity index (χ0v) is 14.5. The quantitative estimate of drug-likeness (QED) is 0.438. The topological polar surface area (TPSA) is 54.0 Å². The summed E-state index contributed by atoms with van der Waals surface area (Å²) in [5.41, 5.74) is 1.19. The van der Waals surface area contributed by atoms with Gasteiger partial charge in [0, 0.05) is 12.7 Å². The van der Waals surface area contributed by atoms with E-state index in [1.165, 1.54) is 0 Å². The molecule has 0 aromatic heterocycles. The van der Waals surface area contributed by atoms with Crippen molar-refractivity contribution in [2.75, 3.05) is 46.8 Å². The average Bonchev–Trinajstić information content (AvgIpc) is 2.67. The molecule has 0 atom stereocenters. The second kappa shape index (κ2) is 11.4. The Labute approximate surface area is 148 Å². The van der Waals surface area contributed by atoms with Crippen molar-refractivity contribution in [2.24, 2.45) is 0 Å². The lowest BCUT2D eigenvalue weighted by atomic mass is 10.0. The molecule has 0 aliphatic rings. The molecule has 0 fully saturated rings. The fraction of sp³-hybridized carbons (Fsp3) is 0.350. The largest absolute Gasteiger partial charge is 0.490 e. The zero-order chi connectivity index (χ0) is 17.7. The Morgan fingerprint density at radius 1 is 0.760 bits per heavy atom. The van der Waals surface area contributed by atoms with Crippen LogP contribution in [0.3, 0.4) is 0 Å². The van der Waals surface area contributed by atoms with Crippen LogP contribution in [-0.2, 0) is 14.2 Å². The van der Waals surface area contributed by atoms with Gasteiger partial charge in [-0.1, -0.05) is 42.5 Å². The lowest BCUT2D eigenvalue weighted by Crippen LogP contribution is -2.13. The van der Waals surface area contributed by atoms with Crippen LogP contribution in [0.4, 0.5) is 0 Å². The predicted molar refractivity (Wildman–Crippen MR) is 95.3 cm³/mol. The minimum absolute atomic E-state index is 0.0522. The molecule has 5 nitrogen and oxygen atoms in total. The molecule has 0 saturated heterocycles. The molecular formula is C20H24O5. The highest BCUT2D eigenvalue weighted by Crippen LogP contribution is 2.21. The van der Waals surface area contributed by atoms with Gasteiger partial charge in [-0.05, 0) is 12.1 Å². The summed E-state index contributed by atoms with van der Waals surface area (Å²) in [6, 6.07) is 16.4. The number of ketones is 1. The average molecular weight is 344 g/mol. The Bertz CT molecular complexity index is 627. The van der Waals surface area contributed by atoms with E-state index in [0.717, 1.165) is 0 Å². The molecule has 0 spiro atoms. The van der Waals surface area contributed by atoms with Crippen molar-refractivity contribution in [1.82, 2.24) is 0 Å². The highest BCUT2D eigenvalue weighted by molar-refractivity contribution is 6.10. The van der Waals surface area contributed by atoms with Crippen molar-refractivity contribution in [3.8, 4) is 5.75 Å². The van der Waals surface area contributed by atoms with E-state index >= 15 is 0 Å². The fourth-order valence-electron chi connectivity index (χ4n) is 2.20. The van der Waals surface area contributed by atoms with Gasteiger partial charge in [0.1, 0.15) is 12.4 Å². The zero-order valence-electron chi connectivity index (χ0n) is 14.5. The van der Waals surface area contributed by atoms with E-state index in [-0.39, 0.29) is 5.78 Å². The van der Waals surface area contributed by atoms with Gasteiger partial charge in [0.2, 0.25) is 0 Å². The monoisotopic (exact) mass is 344 g/mol. The lowest BCUT2D eigenvalue weighted by molar-refractivity contribution is 0.0179. The van der Waals surface area contributed by atoms with Crippen LogP contribution in [0.25, 0.3) is 0 Å². The van der Waals surface area contributed by atoms with Crippen molar-refractivity contribution < 1.29 is 23.7 Å². The SMILES string of the molecule is COCCOCCOCCOc1ccccc1C(=O)c1ccccc1. The van der Waals surface area contributed by atoms with Gasteiger partial charge in [0.15, 0.2) is 5.78 Å². The normalized spacial score (nSPS) is 10.6. The summed E-state index contributed by atoms with van der Waals surface area (Å²) in [5, 5.41) is 0. The first-order chi connectivity index (χ1) is 12.3. The molecule has 0 heterocycles. The van der Waals surface area contributed by atoms with Crippen LogP contribution in [0, 0.1) is 0 Å². The number of ether oxygens (including phenoxy) is 4. The van der Waals surface area contributed by atoms with Gasteiger partial charge >= 0.3 is 0 Å². The number of hydrogen-bond acceptors (Lipinski definition) is 5. The van der Waals surface area contributed by atoms with E-state index in [0.29, 0.717) is 56.5 Å². The number of hydrogen-bond donors (Lipinski definition) is 0. The number of methoxy groups -OCH3 is 1. The second-order valence-electron chi connectivity index (χ2n) is 5.26. The number of carbonyl (C=O) groups excluding carboxylic acids is 1. The Hall–Kier alpha value is -2.21. The van der Waals surface area contributed by atoms with Gasteiger partial charge < -0.3 is 18.9 Å². The molecule has 2 aromatic carbocycles. The molecule has 0 amide bonds. The Morgan fingerprint density at radius 3 is 2.08 bits per heavy atom. The molecule has 2 rings (SSSR count). The van der Waals surface area contributed by atoms with E-state index < -0.39 is 0 Å².